The van der Waals surface area contributed by atoms with E-state index in [1.807, 2.05) is 35.7 Å². The molecule has 0 atom stereocenters. The minimum absolute atomic E-state index is 0.190. The van der Waals surface area contributed by atoms with Crippen LogP contribution in [0, 0.1) is 5.82 Å². The molecular formula is C21H17FN2OS. The number of fused-ring (bicyclic) bond motifs is 1. The maximum absolute atomic E-state index is 13.9. The van der Waals surface area contributed by atoms with E-state index < -0.39 is 0 Å². The van der Waals surface area contributed by atoms with Crippen LogP contribution in [0.1, 0.15) is 11.1 Å². The molecule has 0 spiro atoms. The second-order valence-corrected chi connectivity index (χ2v) is 6.73. The summed E-state index contributed by atoms with van der Waals surface area (Å²) in [6.07, 6.45) is 1.77. The molecule has 4 rings (SSSR count). The van der Waals surface area contributed by atoms with Gasteiger partial charge in [0.25, 0.3) is 0 Å². The van der Waals surface area contributed by atoms with Crippen LogP contribution in [0.25, 0.3) is 10.8 Å². The van der Waals surface area contributed by atoms with Gasteiger partial charge in [0.15, 0.2) is 5.13 Å². The summed E-state index contributed by atoms with van der Waals surface area (Å²) >= 11 is 1.55. The molecule has 0 aliphatic rings. The molecule has 1 heterocycles. The second-order valence-electron chi connectivity index (χ2n) is 5.83. The molecule has 3 nitrogen and oxygen atoms in total. The van der Waals surface area contributed by atoms with Crippen LogP contribution in [0.2, 0.25) is 0 Å². The number of halogens is 1. The van der Waals surface area contributed by atoms with Crippen LogP contribution in [0.3, 0.4) is 0 Å². The van der Waals surface area contributed by atoms with Crippen molar-refractivity contribution in [1.82, 2.24) is 4.98 Å². The van der Waals surface area contributed by atoms with E-state index in [2.05, 4.69) is 22.4 Å². The van der Waals surface area contributed by atoms with Gasteiger partial charge in [0, 0.05) is 29.2 Å². The maximum Gasteiger partial charge on any atom is 0.182 e. The molecule has 0 saturated heterocycles. The molecule has 0 aliphatic carbocycles. The van der Waals surface area contributed by atoms with Crippen molar-refractivity contribution in [2.45, 2.75) is 13.2 Å². The third-order valence-corrected chi connectivity index (χ3v) is 4.92. The van der Waals surface area contributed by atoms with E-state index in [0.717, 1.165) is 27.2 Å². The number of ether oxygens (including phenoxy) is 1. The lowest BCUT2D eigenvalue weighted by Crippen LogP contribution is -2.05. The summed E-state index contributed by atoms with van der Waals surface area (Å²) in [4.78, 5) is 4.26. The Morgan fingerprint density at radius 2 is 1.85 bits per heavy atom. The number of thiazole rings is 1. The minimum atomic E-state index is -0.254. The lowest BCUT2D eigenvalue weighted by molar-refractivity contribution is 0.297. The number of benzene rings is 3. The van der Waals surface area contributed by atoms with E-state index in [0.29, 0.717) is 12.1 Å². The quantitative estimate of drug-likeness (QED) is 0.482. The predicted molar refractivity (Wildman–Crippen MR) is 104 cm³/mol. The number of rotatable bonds is 6. The van der Waals surface area contributed by atoms with Crippen LogP contribution >= 0.6 is 11.3 Å². The summed E-state index contributed by atoms with van der Waals surface area (Å²) < 4.78 is 19.9. The highest BCUT2D eigenvalue weighted by atomic mass is 32.1. The van der Waals surface area contributed by atoms with Crippen molar-refractivity contribution in [2.75, 3.05) is 5.32 Å². The fourth-order valence-corrected chi connectivity index (χ4v) is 3.41. The van der Waals surface area contributed by atoms with Crippen LogP contribution in [-0.4, -0.2) is 4.98 Å². The highest BCUT2D eigenvalue weighted by Crippen LogP contribution is 2.30. The SMILES string of the molecule is Fc1ccccc1COc1ccc2ccccc2c1CNc1nccs1. The van der Waals surface area contributed by atoms with Gasteiger partial charge in [-0.1, -0.05) is 48.5 Å². The smallest absolute Gasteiger partial charge is 0.182 e. The van der Waals surface area contributed by atoms with E-state index in [1.165, 1.54) is 6.07 Å². The molecule has 5 heteroatoms. The molecule has 4 aromatic rings. The molecule has 0 amide bonds. The zero-order valence-corrected chi connectivity index (χ0v) is 14.8. The van der Waals surface area contributed by atoms with Gasteiger partial charge in [-0.3, -0.25) is 0 Å². The molecule has 26 heavy (non-hydrogen) atoms. The number of nitrogens with one attached hydrogen (secondary N) is 1. The van der Waals surface area contributed by atoms with Gasteiger partial charge in [-0.25, -0.2) is 9.37 Å². The molecule has 130 valence electrons. The molecule has 0 unspecified atom stereocenters. The van der Waals surface area contributed by atoms with Gasteiger partial charge in [0.05, 0.1) is 0 Å². The van der Waals surface area contributed by atoms with E-state index in [4.69, 9.17) is 4.74 Å². The fourth-order valence-electron chi connectivity index (χ4n) is 2.88. The molecule has 0 aliphatic heterocycles. The lowest BCUT2D eigenvalue weighted by Gasteiger charge is -2.15. The third kappa shape index (κ3) is 3.53. The van der Waals surface area contributed by atoms with E-state index in [1.54, 1.807) is 29.7 Å². The van der Waals surface area contributed by atoms with Crippen molar-refractivity contribution in [2.24, 2.45) is 0 Å². The second kappa shape index (κ2) is 7.54. The lowest BCUT2D eigenvalue weighted by atomic mass is 10.0. The van der Waals surface area contributed by atoms with E-state index >= 15 is 0 Å². The Balaban J connectivity index is 1.64. The summed E-state index contributed by atoms with van der Waals surface area (Å²) in [6.45, 7) is 0.775. The summed E-state index contributed by atoms with van der Waals surface area (Å²) in [6, 6.07) is 18.8. The molecule has 1 N–H and O–H groups in total. The topological polar surface area (TPSA) is 34.1 Å². The molecule has 0 bridgehead atoms. The number of hydrogen-bond donors (Lipinski definition) is 1. The molecule has 0 fully saturated rings. The Labute approximate surface area is 155 Å². The van der Waals surface area contributed by atoms with Crippen molar-refractivity contribution in [3.8, 4) is 5.75 Å². The minimum Gasteiger partial charge on any atom is -0.488 e. The Morgan fingerprint density at radius 1 is 1.00 bits per heavy atom. The molecular weight excluding hydrogens is 347 g/mol. The van der Waals surface area contributed by atoms with Gasteiger partial charge < -0.3 is 10.1 Å². The van der Waals surface area contributed by atoms with Gasteiger partial charge in [-0.05, 0) is 22.9 Å². The largest absolute Gasteiger partial charge is 0.488 e. The van der Waals surface area contributed by atoms with Crippen molar-refractivity contribution < 1.29 is 9.13 Å². The Hall–Kier alpha value is -2.92. The van der Waals surface area contributed by atoms with Gasteiger partial charge in [0.2, 0.25) is 0 Å². The predicted octanol–water partition coefficient (Wildman–Crippen LogP) is 5.63. The van der Waals surface area contributed by atoms with Crippen molar-refractivity contribution in [1.29, 1.82) is 0 Å². The number of aromatic nitrogens is 1. The molecule has 0 saturated carbocycles. The van der Waals surface area contributed by atoms with Gasteiger partial charge in [-0.15, -0.1) is 11.3 Å². The third-order valence-electron chi connectivity index (χ3n) is 4.19. The number of hydrogen-bond acceptors (Lipinski definition) is 4. The van der Waals surface area contributed by atoms with E-state index in [9.17, 15) is 4.39 Å². The zero-order valence-electron chi connectivity index (χ0n) is 14.0. The Bertz CT molecular complexity index is 1020. The van der Waals surface area contributed by atoms with Gasteiger partial charge >= 0.3 is 0 Å². The number of nitrogens with zero attached hydrogens (tertiary/aromatic N) is 1. The Kier molecular flexibility index (Phi) is 4.80. The first-order chi connectivity index (χ1) is 12.8. The Morgan fingerprint density at radius 3 is 2.69 bits per heavy atom. The molecule has 3 aromatic carbocycles. The van der Waals surface area contributed by atoms with Crippen LogP contribution in [-0.2, 0) is 13.2 Å². The first-order valence-corrected chi connectivity index (χ1v) is 9.19. The normalized spacial score (nSPS) is 10.8. The first kappa shape index (κ1) is 16.5. The van der Waals surface area contributed by atoms with Crippen molar-refractivity contribution in [3.63, 3.8) is 0 Å². The summed E-state index contributed by atoms with van der Waals surface area (Å²) in [7, 11) is 0. The first-order valence-electron chi connectivity index (χ1n) is 8.31. The highest BCUT2D eigenvalue weighted by molar-refractivity contribution is 7.13. The molecule has 1 aromatic heterocycles. The average molecular weight is 364 g/mol. The van der Waals surface area contributed by atoms with Crippen LogP contribution in [0.15, 0.2) is 72.2 Å². The summed E-state index contributed by atoms with van der Waals surface area (Å²) in [5.41, 5.74) is 1.58. The van der Waals surface area contributed by atoms with Crippen LogP contribution in [0.4, 0.5) is 9.52 Å². The highest BCUT2D eigenvalue weighted by Gasteiger charge is 2.11. The zero-order chi connectivity index (χ0) is 17.8. The van der Waals surface area contributed by atoms with Crippen molar-refractivity contribution in [3.05, 3.63) is 89.2 Å². The maximum atomic E-state index is 13.9. The summed E-state index contributed by atoms with van der Waals surface area (Å²) in [5.74, 6) is 0.492. The van der Waals surface area contributed by atoms with Crippen LogP contribution in [0.5, 0.6) is 5.75 Å². The van der Waals surface area contributed by atoms with Crippen molar-refractivity contribution >= 4 is 27.2 Å². The monoisotopic (exact) mass is 364 g/mol. The average Bonchev–Trinajstić information content (AvgIpc) is 3.19. The standard InChI is InChI=1S/C21H17FN2OS/c22-19-8-4-2-6-16(19)14-25-20-10-9-15-5-1-3-7-17(15)18(20)13-24-21-23-11-12-26-21/h1-12H,13-14H2,(H,23,24). The van der Waals surface area contributed by atoms with Gasteiger partial charge in [0.1, 0.15) is 18.2 Å². The molecule has 0 radical (unpaired) electrons. The fraction of sp³-hybridized carbons (Fsp3) is 0.0952. The van der Waals surface area contributed by atoms with E-state index in [-0.39, 0.29) is 12.4 Å². The van der Waals surface area contributed by atoms with Gasteiger partial charge in [-0.2, -0.15) is 0 Å². The summed E-state index contributed by atoms with van der Waals surface area (Å²) in [5, 5.41) is 8.38. The van der Waals surface area contributed by atoms with Crippen LogP contribution < -0.4 is 10.1 Å². The number of anilines is 1.